The van der Waals surface area contributed by atoms with Crippen LogP contribution in [0.5, 0.6) is 0 Å². The van der Waals surface area contributed by atoms with Gasteiger partial charge in [-0.25, -0.2) is 9.18 Å². The average Bonchev–Trinajstić information content (AvgIpc) is 2.17. The highest BCUT2D eigenvalue weighted by Gasteiger charge is 2.15. The van der Waals surface area contributed by atoms with E-state index in [1.807, 2.05) is 20.8 Å². The van der Waals surface area contributed by atoms with Crippen molar-refractivity contribution in [2.45, 2.75) is 26.3 Å². The fourth-order valence-electron chi connectivity index (χ4n) is 1.32. The van der Waals surface area contributed by atoms with Crippen molar-refractivity contribution in [1.82, 2.24) is 5.32 Å². The molecule has 4 N–H and O–H groups in total. The molecule has 0 aliphatic heterocycles. The Bertz CT molecular complexity index is 483. The third-order valence-corrected chi connectivity index (χ3v) is 2.20. The van der Waals surface area contributed by atoms with E-state index in [1.54, 1.807) is 0 Å². The van der Waals surface area contributed by atoms with Gasteiger partial charge in [0.25, 0.3) is 0 Å². The SMILES string of the molecule is CC(C)(C)NC(=O)Nc1ccc(F)cc1C(N)=S. The van der Waals surface area contributed by atoms with Crippen LogP contribution in [-0.2, 0) is 0 Å². The quantitative estimate of drug-likeness (QED) is 0.722. The van der Waals surface area contributed by atoms with Gasteiger partial charge in [0.2, 0.25) is 0 Å². The summed E-state index contributed by atoms with van der Waals surface area (Å²) >= 11 is 4.81. The van der Waals surface area contributed by atoms with E-state index in [9.17, 15) is 9.18 Å². The smallest absolute Gasteiger partial charge is 0.319 e. The summed E-state index contributed by atoms with van der Waals surface area (Å²) in [6.45, 7) is 5.56. The van der Waals surface area contributed by atoms with Gasteiger partial charge in [0.05, 0.1) is 5.69 Å². The van der Waals surface area contributed by atoms with Crippen molar-refractivity contribution in [3.05, 3.63) is 29.6 Å². The molecule has 4 nitrogen and oxygen atoms in total. The summed E-state index contributed by atoms with van der Waals surface area (Å²) in [7, 11) is 0. The van der Waals surface area contributed by atoms with E-state index in [0.717, 1.165) is 0 Å². The van der Waals surface area contributed by atoms with Crippen LogP contribution in [0.1, 0.15) is 26.3 Å². The standard InChI is InChI=1S/C12H16FN3OS/c1-12(2,3)16-11(17)15-9-5-4-7(13)6-8(9)10(14)18/h4-6H,1-3H3,(H2,14,18)(H2,15,16,17). The molecule has 0 spiro atoms. The number of nitrogens with two attached hydrogens (primary N) is 1. The molecule has 0 aromatic heterocycles. The zero-order chi connectivity index (χ0) is 13.9. The minimum absolute atomic E-state index is 0.0283. The fraction of sp³-hybridized carbons (Fsp3) is 0.333. The lowest BCUT2D eigenvalue weighted by Gasteiger charge is -2.21. The van der Waals surface area contributed by atoms with Crippen molar-refractivity contribution in [2.24, 2.45) is 5.73 Å². The Morgan fingerprint density at radius 2 is 2.00 bits per heavy atom. The van der Waals surface area contributed by atoms with Gasteiger partial charge in [-0.1, -0.05) is 12.2 Å². The maximum Gasteiger partial charge on any atom is 0.319 e. The minimum atomic E-state index is -0.459. The Hall–Kier alpha value is -1.69. The molecule has 0 radical (unpaired) electrons. The van der Waals surface area contributed by atoms with Crippen LogP contribution < -0.4 is 16.4 Å². The molecule has 0 heterocycles. The van der Waals surface area contributed by atoms with E-state index < -0.39 is 11.8 Å². The zero-order valence-corrected chi connectivity index (χ0v) is 11.3. The van der Waals surface area contributed by atoms with E-state index >= 15 is 0 Å². The molecule has 0 saturated heterocycles. The Balaban J connectivity index is 2.91. The monoisotopic (exact) mass is 269 g/mol. The Morgan fingerprint density at radius 1 is 1.39 bits per heavy atom. The van der Waals surface area contributed by atoms with Gasteiger partial charge in [-0.3, -0.25) is 0 Å². The largest absolute Gasteiger partial charge is 0.389 e. The predicted molar refractivity (Wildman–Crippen MR) is 74.2 cm³/mol. The Labute approximate surface area is 111 Å². The molecule has 0 aliphatic rings. The van der Waals surface area contributed by atoms with Gasteiger partial charge < -0.3 is 16.4 Å². The molecule has 6 heteroatoms. The Morgan fingerprint density at radius 3 is 2.50 bits per heavy atom. The van der Waals surface area contributed by atoms with Crippen LogP contribution in [0.4, 0.5) is 14.9 Å². The molecule has 18 heavy (non-hydrogen) atoms. The molecule has 2 amide bonds. The summed E-state index contributed by atoms with van der Waals surface area (Å²) in [5.41, 5.74) is 5.79. The molecule has 1 aromatic rings. The number of urea groups is 1. The highest BCUT2D eigenvalue weighted by molar-refractivity contribution is 7.80. The Kier molecular flexibility index (Phi) is 4.24. The van der Waals surface area contributed by atoms with E-state index in [2.05, 4.69) is 10.6 Å². The number of hydrogen-bond acceptors (Lipinski definition) is 2. The maximum atomic E-state index is 13.1. The van der Waals surface area contributed by atoms with Crippen LogP contribution in [0, 0.1) is 5.82 Å². The number of thiocarbonyl (C=S) groups is 1. The molecule has 0 unspecified atom stereocenters. The molecule has 1 aromatic carbocycles. The second-order valence-electron chi connectivity index (χ2n) is 4.88. The van der Waals surface area contributed by atoms with Crippen molar-refractivity contribution < 1.29 is 9.18 Å². The second kappa shape index (κ2) is 5.30. The molecular formula is C12H16FN3OS. The number of halogens is 1. The fourth-order valence-corrected chi connectivity index (χ4v) is 1.49. The summed E-state index contributed by atoms with van der Waals surface area (Å²) in [6.07, 6.45) is 0. The van der Waals surface area contributed by atoms with Crippen molar-refractivity contribution in [3.63, 3.8) is 0 Å². The van der Waals surface area contributed by atoms with Crippen molar-refractivity contribution in [1.29, 1.82) is 0 Å². The van der Waals surface area contributed by atoms with E-state index in [4.69, 9.17) is 18.0 Å². The first-order valence-corrected chi connectivity index (χ1v) is 5.78. The number of carbonyl (C=O) groups excluding carboxylic acids is 1. The van der Waals surface area contributed by atoms with Gasteiger partial charge in [0.1, 0.15) is 10.8 Å². The van der Waals surface area contributed by atoms with Gasteiger partial charge in [-0.05, 0) is 39.0 Å². The van der Waals surface area contributed by atoms with Crippen molar-refractivity contribution in [2.75, 3.05) is 5.32 Å². The molecule has 0 atom stereocenters. The summed E-state index contributed by atoms with van der Waals surface area (Å²) in [5.74, 6) is -0.459. The first-order valence-electron chi connectivity index (χ1n) is 5.37. The number of benzene rings is 1. The van der Waals surface area contributed by atoms with Gasteiger partial charge in [0, 0.05) is 11.1 Å². The lowest BCUT2D eigenvalue weighted by atomic mass is 10.1. The van der Waals surface area contributed by atoms with Crippen LogP contribution in [0.25, 0.3) is 0 Å². The summed E-state index contributed by atoms with van der Waals surface area (Å²) < 4.78 is 13.1. The lowest BCUT2D eigenvalue weighted by Crippen LogP contribution is -2.43. The second-order valence-corrected chi connectivity index (χ2v) is 5.32. The third-order valence-electron chi connectivity index (χ3n) is 1.98. The molecular weight excluding hydrogens is 253 g/mol. The molecule has 98 valence electrons. The number of carbonyl (C=O) groups is 1. The molecule has 0 saturated carbocycles. The van der Waals surface area contributed by atoms with Crippen molar-refractivity contribution in [3.8, 4) is 0 Å². The van der Waals surface area contributed by atoms with Crippen LogP contribution >= 0.6 is 12.2 Å². The van der Waals surface area contributed by atoms with Crippen molar-refractivity contribution >= 4 is 28.9 Å². The van der Waals surface area contributed by atoms with Crippen LogP contribution in [0.15, 0.2) is 18.2 Å². The lowest BCUT2D eigenvalue weighted by molar-refractivity contribution is 0.244. The first-order chi connectivity index (χ1) is 8.19. The minimum Gasteiger partial charge on any atom is -0.389 e. The van der Waals surface area contributed by atoms with Gasteiger partial charge >= 0.3 is 6.03 Å². The van der Waals surface area contributed by atoms with E-state index in [0.29, 0.717) is 11.3 Å². The molecule has 0 bridgehead atoms. The van der Waals surface area contributed by atoms with Crippen LogP contribution in [0.3, 0.4) is 0 Å². The number of amides is 2. The normalized spacial score (nSPS) is 10.9. The van der Waals surface area contributed by atoms with E-state index in [1.165, 1.54) is 18.2 Å². The molecule has 0 fully saturated rings. The first kappa shape index (κ1) is 14.4. The summed E-state index contributed by atoms with van der Waals surface area (Å²) in [6, 6.07) is 3.45. The highest BCUT2D eigenvalue weighted by Crippen LogP contribution is 2.17. The van der Waals surface area contributed by atoms with Crippen LogP contribution in [-0.4, -0.2) is 16.6 Å². The average molecular weight is 269 g/mol. The number of anilines is 1. The summed E-state index contributed by atoms with van der Waals surface area (Å²) in [5, 5.41) is 5.31. The highest BCUT2D eigenvalue weighted by atomic mass is 32.1. The molecule has 1 rings (SSSR count). The third kappa shape index (κ3) is 4.29. The number of rotatable bonds is 2. The zero-order valence-electron chi connectivity index (χ0n) is 10.5. The van der Waals surface area contributed by atoms with Gasteiger partial charge in [0.15, 0.2) is 0 Å². The van der Waals surface area contributed by atoms with Gasteiger partial charge in [-0.15, -0.1) is 0 Å². The number of nitrogens with one attached hydrogen (secondary N) is 2. The maximum absolute atomic E-state index is 13.1. The van der Waals surface area contributed by atoms with E-state index in [-0.39, 0.29) is 10.5 Å². The predicted octanol–water partition coefficient (Wildman–Crippen LogP) is 2.38. The molecule has 0 aliphatic carbocycles. The number of hydrogen-bond donors (Lipinski definition) is 3. The summed E-state index contributed by atoms with van der Waals surface area (Å²) in [4.78, 5) is 11.7. The topological polar surface area (TPSA) is 67.2 Å². The van der Waals surface area contributed by atoms with Crippen LogP contribution in [0.2, 0.25) is 0 Å². The van der Waals surface area contributed by atoms with Gasteiger partial charge in [-0.2, -0.15) is 0 Å².